The first-order valence-corrected chi connectivity index (χ1v) is 22.1. The van der Waals surface area contributed by atoms with Crippen molar-refractivity contribution in [1.82, 2.24) is 4.57 Å². The summed E-state index contributed by atoms with van der Waals surface area (Å²) in [7, 11) is 0. The van der Waals surface area contributed by atoms with E-state index in [1.165, 1.54) is 21.5 Å². The molecule has 306 valence electrons. The maximum atomic E-state index is 6.93. The normalized spacial score (nSPS) is 12.7. The van der Waals surface area contributed by atoms with Gasteiger partial charge in [-0.25, -0.2) is 9.98 Å². The topological polar surface area (TPSA) is 55.9 Å². The minimum atomic E-state index is 0.520. The van der Waals surface area contributed by atoms with Crippen LogP contribution in [0, 0.1) is 0 Å². The van der Waals surface area contributed by atoms with Crippen LogP contribution in [0.3, 0.4) is 0 Å². The van der Waals surface area contributed by atoms with Gasteiger partial charge in [0.1, 0.15) is 22.3 Å². The number of hydrogen-bond donors (Lipinski definition) is 0. The second kappa shape index (κ2) is 14.5. The molecule has 3 aromatic heterocycles. The summed E-state index contributed by atoms with van der Waals surface area (Å²) in [4.78, 5) is 11.1. The monoisotopic (exact) mass is 833 g/mol. The van der Waals surface area contributed by atoms with Crippen molar-refractivity contribution < 1.29 is 8.83 Å². The minimum Gasteiger partial charge on any atom is -0.455 e. The van der Waals surface area contributed by atoms with Crippen LogP contribution in [0.5, 0.6) is 0 Å². The van der Waals surface area contributed by atoms with Gasteiger partial charge >= 0.3 is 0 Å². The van der Waals surface area contributed by atoms with Crippen molar-refractivity contribution >= 4 is 115 Å². The quantitative estimate of drug-likeness (QED) is 0.124. The summed E-state index contributed by atoms with van der Waals surface area (Å²) in [6, 6.07) is 68.3. The standard InChI is InChI=1S/C60H39N3O2/c1-3-52(62-60(61-36(2)41-25-14-20-37-16-6-8-21-42(37)41)48-27-15-26-46-45-24-11-13-29-56(45)64-59(46)48)51-34-50-47-31-30-38-17-7-9-22-43(38)58(47)65-57(50)35-55(51)63-53-28-12-10-23-44(53)49-32-39-18-4-5-19-40(39)33-54(49)63/h4-35H,2-3H2,1H3. The van der Waals surface area contributed by atoms with Crippen LogP contribution in [0.1, 0.15) is 30.0 Å². The van der Waals surface area contributed by atoms with Gasteiger partial charge in [-0.2, -0.15) is 0 Å². The van der Waals surface area contributed by atoms with Crippen LogP contribution >= 0.6 is 0 Å². The van der Waals surface area contributed by atoms with Gasteiger partial charge < -0.3 is 13.4 Å². The average Bonchev–Trinajstić information content (AvgIpc) is 4.03. The molecular formula is C60H39N3O2. The first-order valence-electron chi connectivity index (χ1n) is 22.1. The molecular weight excluding hydrogens is 795 g/mol. The van der Waals surface area contributed by atoms with Gasteiger partial charge in [-0.05, 0) is 75.8 Å². The summed E-state index contributed by atoms with van der Waals surface area (Å²) in [5.74, 6) is 0.520. The predicted molar refractivity (Wildman–Crippen MR) is 273 cm³/mol. The van der Waals surface area contributed by atoms with Crippen LogP contribution in [0.15, 0.2) is 220 Å². The molecule has 0 atom stereocenters. The number of aliphatic imine (C=N–C) groups is 2. The molecule has 0 aliphatic heterocycles. The Kier molecular flexibility index (Phi) is 8.27. The molecule has 13 rings (SSSR count). The molecule has 0 aliphatic carbocycles. The molecule has 13 aromatic rings. The van der Waals surface area contributed by atoms with Gasteiger partial charge in [-0.3, -0.25) is 0 Å². The highest BCUT2D eigenvalue weighted by Crippen LogP contribution is 2.41. The summed E-state index contributed by atoms with van der Waals surface area (Å²) >= 11 is 0. The van der Waals surface area contributed by atoms with Crippen molar-refractivity contribution in [2.24, 2.45) is 9.98 Å². The van der Waals surface area contributed by atoms with Crippen molar-refractivity contribution in [2.75, 3.05) is 0 Å². The lowest BCUT2D eigenvalue weighted by Crippen LogP contribution is -2.11. The highest BCUT2D eigenvalue weighted by Gasteiger charge is 2.23. The van der Waals surface area contributed by atoms with E-state index in [4.69, 9.17) is 18.8 Å². The van der Waals surface area contributed by atoms with E-state index < -0.39 is 0 Å². The Balaban J connectivity index is 1.13. The number of nitrogens with zero attached hydrogens (tertiary/aromatic N) is 3. The van der Waals surface area contributed by atoms with E-state index >= 15 is 0 Å². The van der Waals surface area contributed by atoms with Crippen molar-refractivity contribution in [1.29, 1.82) is 0 Å². The molecule has 0 radical (unpaired) electrons. The molecule has 0 saturated heterocycles. The largest absolute Gasteiger partial charge is 0.455 e. The van der Waals surface area contributed by atoms with E-state index in [0.717, 1.165) is 105 Å². The molecule has 5 heteroatoms. The van der Waals surface area contributed by atoms with E-state index in [9.17, 15) is 0 Å². The van der Waals surface area contributed by atoms with E-state index in [1.807, 2.05) is 18.2 Å². The summed E-state index contributed by atoms with van der Waals surface area (Å²) in [6.45, 7) is 6.78. The molecule has 0 spiro atoms. The molecule has 0 bridgehead atoms. The second-order valence-electron chi connectivity index (χ2n) is 16.8. The Bertz CT molecular complexity index is 4190. The number of fused-ring (bicyclic) bond motifs is 13. The molecule has 0 fully saturated rings. The van der Waals surface area contributed by atoms with Crippen molar-refractivity contribution in [3.05, 3.63) is 217 Å². The fourth-order valence-corrected chi connectivity index (χ4v) is 10.1. The fraction of sp³-hybridized carbons (Fsp3) is 0.0333. The third-order valence-corrected chi connectivity index (χ3v) is 13.1. The van der Waals surface area contributed by atoms with Crippen LogP contribution in [0.2, 0.25) is 0 Å². The lowest BCUT2D eigenvalue weighted by molar-refractivity contribution is 0.668. The zero-order valence-electron chi connectivity index (χ0n) is 35.5. The predicted octanol–water partition coefficient (Wildman–Crippen LogP) is 16.4. The molecule has 0 saturated carbocycles. The van der Waals surface area contributed by atoms with E-state index in [0.29, 0.717) is 18.0 Å². The SMILES string of the molecule is C=C(N=C(N=C(CC)c1cc2c(cc1-n1c3ccccc3c3cc4ccccc4cc31)oc1c3ccccc3ccc21)c1cccc2c1oc1ccccc12)c1cccc2ccccc12. The maximum absolute atomic E-state index is 6.93. The highest BCUT2D eigenvalue weighted by molar-refractivity contribution is 6.23. The number of aromatic nitrogens is 1. The Morgan fingerprint density at radius 1 is 0.431 bits per heavy atom. The van der Waals surface area contributed by atoms with E-state index in [1.54, 1.807) is 0 Å². The van der Waals surface area contributed by atoms with Crippen molar-refractivity contribution in [2.45, 2.75) is 13.3 Å². The van der Waals surface area contributed by atoms with Gasteiger partial charge in [0.2, 0.25) is 0 Å². The number of para-hydroxylation sites is 3. The summed E-state index contributed by atoms with van der Waals surface area (Å²) in [5, 5.41) is 13.3. The van der Waals surface area contributed by atoms with Crippen LogP contribution < -0.4 is 0 Å². The number of hydrogen-bond acceptors (Lipinski definition) is 3. The highest BCUT2D eigenvalue weighted by atomic mass is 16.3. The zero-order chi connectivity index (χ0) is 43.2. The molecule has 0 aliphatic rings. The smallest absolute Gasteiger partial charge is 0.163 e. The first-order chi connectivity index (χ1) is 32.1. The third kappa shape index (κ3) is 5.79. The Hall–Kier alpha value is -8.54. The fourth-order valence-electron chi connectivity index (χ4n) is 10.1. The zero-order valence-corrected chi connectivity index (χ0v) is 35.5. The number of rotatable bonds is 6. The van der Waals surface area contributed by atoms with E-state index in [-0.39, 0.29) is 0 Å². The molecule has 3 heterocycles. The van der Waals surface area contributed by atoms with Crippen molar-refractivity contribution in [3.63, 3.8) is 0 Å². The lowest BCUT2D eigenvalue weighted by atomic mass is 9.99. The number of benzene rings is 10. The molecule has 0 unspecified atom stereocenters. The van der Waals surface area contributed by atoms with Gasteiger partial charge in [0.05, 0.1) is 33.7 Å². The van der Waals surface area contributed by atoms with E-state index in [2.05, 4.69) is 194 Å². The number of furan rings is 2. The molecule has 0 N–H and O–H groups in total. The van der Waals surface area contributed by atoms with Crippen LogP contribution in [0.25, 0.3) is 109 Å². The molecule has 10 aromatic carbocycles. The van der Waals surface area contributed by atoms with Gasteiger partial charge in [-0.15, -0.1) is 0 Å². The average molecular weight is 834 g/mol. The van der Waals surface area contributed by atoms with Gasteiger partial charge in [0, 0.05) is 54.9 Å². The summed E-state index contributed by atoms with van der Waals surface area (Å²) < 4.78 is 16.0. The summed E-state index contributed by atoms with van der Waals surface area (Å²) in [6.07, 6.45) is 0.604. The Labute approximate surface area is 373 Å². The molecule has 0 amide bonds. The van der Waals surface area contributed by atoms with Crippen LogP contribution in [-0.4, -0.2) is 16.1 Å². The maximum Gasteiger partial charge on any atom is 0.163 e. The second-order valence-corrected chi connectivity index (χ2v) is 16.8. The number of amidine groups is 1. The Morgan fingerprint density at radius 3 is 1.88 bits per heavy atom. The third-order valence-electron chi connectivity index (χ3n) is 13.1. The van der Waals surface area contributed by atoms with Gasteiger partial charge in [0.25, 0.3) is 0 Å². The van der Waals surface area contributed by atoms with Crippen LogP contribution in [-0.2, 0) is 0 Å². The Morgan fingerprint density at radius 2 is 1.05 bits per heavy atom. The van der Waals surface area contributed by atoms with Crippen LogP contribution in [0.4, 0.5) is 0 Å². The van der Waals surface area contributed by atoms with Gasteiger partial charge in [-0.1, -0.05) is 159 Å². The first kappa shape index (κ1) is 37.1. The summed E-state index contributed by atoms with van der Waals surface area (Å²) in [5.41, 5.74) is 10.6. The molecule has 65 heavy (non-hydrogen) atoms. The molecule has 5 nitrogen and oxygen atoms in total. The van der Waals surface area contributed by atoms with Crippen molar-refractivity contribution in [3.8, 4) is 5.69 Å². The lowest BCUT2D eigenvalue weighted by Gasteiger charge is -2.16. The minimum absolute atomic E-state index is 0.520. The van der Waals surface area contributed by atoms with Gasteiger partial charge in [0.15, 0.2) is 5.84 Å².